The van der Waals surface area contributed by atoms with E-state index in [0.717, 1.165) is 12.1 Å². The highest BCUT2D eigenvalue weighted by molar-refractivity contribution is 5.78. The van der Waals surface area contributed by atoms with E-state index in [1.165, 1.54) is 0 Å². The van der Waals surface area contributed by atoms with Crippen LogP contribution in [0.4, 0.5) is 5.95 Å². The van der Waals surface area contributed by atoms with Gasteiger partial charge in [0.15, 0.2) is 0 Å². The van der Waals surface area contributed by atoms with Crippen molar-refractivity contribution >= 4 is 11.9 Å². The number of nitrogens with zero attached hydrogens (tertiary/aromatic N) is 3. The molecule has 0 aliphatic carbocycles. The second kappa shape index (κ2) is 5.77. The van der Waals surface area contributed by atoms with Crippen LogP contribution in [0.1, 0.15) is 12.1 Å². The first-order valence-electron chi connectivity index (χ1n) is 6.01. The molecule has 1 aliphatic rings. The fourth-order valence-electron chi connectivity index (χ4n) is 1.76. The standard InChI is InChI=1S/C12H18N4O2/c1-16(2)12-13-5-3-10(15-12)7-14-11(17)9-4-6-18-8-9/h3,5,9H,4,6-8H2,1-2H3,(H,14,17). The van der Waals surface area contributed by atoms with Crippen molar-refractivity contribution in [3.8, 4) is 0 Å². The number of hydrogen-bond acceptors (Lipinski definition) is 5. The summed E-state index contributed by atoms with van der Waals surface area (Å²) in [4.78, 5) is 22.1. The number of nitrogens with one attached hydrogen (secondary N) is 1. The Labute approximate surface area is 106 Å². The Morgan fingerprint density at radius 1 is 1.61 bits per heavy atom. The lowest BCUT2D eigenvalue weighted by Crippen LogP contribution is -2.30. The van der Waals surface area contributed by atoms with E-state index in [4.69, 9.17) is 4.74 Å². The van der Waals surface area contributed by atoms with E-state index in [2.05, 4.69) is 15.3 Å². The number of hydrogen-bond donors (Lipinski definition) is 1. The molecule has 1 amide bonds. The Morgan fingerprint density at radius 3 is 3.11 bits per heavy atom. The van der Waals surface area contributed by atoms with Crippen molar-refractivity contribution in [2.45, 2.75) is 13.0 Å². The van der Waals surface area contributed by atoms with Crippen LogP contribution < -0.4 is 10.2 Å². The average Bonchev–Trinajstić information content (AvgIpc) is 2.90. The van der Waals surface area contributed by atoms with Crippen molar-refractivity contribution in [3.63, 3.8) is 0 Å². The Balaban J connectivity index is 1.89. The number of aromatic nitrogens is 2. The maximum Gasteiger partial charge on any atom is 0.225 e. The topological polar surface area (TPSA) is 67.4 Å². The first-order chi connectivity index (χ1) is 8.66. The van der Waals surface area contributed by atoms with E-state index < -0.39 is 0 Å². The molecule has 0 bridgehead atoms. The van der Waals surface area contributed by atoms with Gasteiger partial charge in [0.1, 0.15) is 0 Å². The Morgan fingerprint density at radius 2 is 2.44 bits per heavy atom. The highest BCUT2D eigenvalue weighted by Gasteiger charge is 2.23. The lowest BCUT2D eigenvalue weighted by Gasteiger charge is -2.12. The maximum atomic E-state index is 11.8. The molecular formula is C12H18N4O2. The number of anilines is 1. The molecule has 1 fully saturated rings. The van der Waals surface area contributed by atoms with Crippen LogP contribution in [0.3, 0.4) is 0 Å². The van der Waals surface area contributed by atoms with Gasteiger partial charge in [-0.2, -0.15) is 0 Å². The molecule has 0 spiro atoms. The summed E-state index contributed by atoms with van der Waals surface area (Å²) in [6.45, 7) is 1.63. The van der Waals surface area contributed by atoms with Crippen LogP contribution in [0.25, 0.3) is 0 Å². The number of amides is 1. The number of carbonyl (C=O) groups is 1. The third kappa shape index (κ3) is 3.16. The molecule has 0 saturated carbocycles. The van der Waals surface area contributed by atoms with Crippen LogP contribution >= 0.6 is 0 Å². The third-order valence-corrected chi connectivity index (χ3v) is 2.84. The minimum absolute atomic E-state index is 0.0137. The average molecular weight is 250 g/mol. The van der Waals surface area contributed by atoms with Gasteiger partial charge in [0.05, 0.1) is 24.8 Å². The molecule has 1 atom stereocenters. The van der Waals surface area contributed by atoms with Gasteiger partial charge < -0.3 is 15.0 Å². The lowest BCUT2D eigenvalue weighted by molar-refractivity contribution is -0.125. The zero-order valence-corrected chi connectivity index (χ0v) is 10.7. The van der Waals surface area contributed by atoms with Gasteiger partial charge in [-0.1, -0.05) is 0 Å². The van der Waals surface area contributed by atoms with Gasteiger partial charge in [-0.15, -0.1) is 0 Å². The fourth-order valence-corrected chi connectivity index (χ4v) is 1.76. The Kier molecular flexibility index (Phi) is 4.09. The van der Waals surface area contributed by atoms with Gasteiger partial charge >= 0.3 is 0 Å². The first kappa shape index (κ1) is 12.8. The second-order valence-electron chi connectivity index (χ2n) is 4.52. The van der Waals surface area contributed by atoms with E-state index in [1.54, 1.807) is 12.3 Å². The van der Waals surface area contributed by atoms with Crippen molar-refractivity contribution in [1.29, 1.82) is 0 Å². The molecule has 0 aromatic carbocycles. The molecule has 18 heavy (non-hydrogen) atoms. The number of carbonyl (C=O) groups excluding carboxylic acids is 1. The van der Waals surface area contributed by atoms with Crippen molar-refractivity contribution in [3.05, 3.63) is 18.0 Å². The second-order valence-corrected chi connectivity index (χ2v) is 4.52. The van der Waals surface area contributed by atoms with Crippen LogP contribution in [0.5, 0.6) is 0 Å². The van der Waals surface area contributed by atoms with Gasteiger partial charge in [0.2, 0.25) is 11.9 Å². The predicted octanol–water partition coefficient (Wildman–Crippen LogP) is 0.195. The fraction of sp³-hybridized carbons (Fsp3) is 0.583. The molecule has 1 unspecified atom stereocenters. The highest BCUT2D eigenvalue weighted by Crippen LogP contribution is 2.12. The molecule has 2 heterocycles. The summed E-state index contributed by atoms with van der Waals surface area (Å²) in [5.41, 5.74) is 0.806. The zero-order valence-electron chi connectivity index (χ0n) is 10.7. The van der Waals surface area contributed by atoms with E-state index in [1.807, 2.05) is 19.0 Å². The van der Waals surface area contributed by atoms with Crippen LogP contribution in [0.2, 0.25) is 0 Å². The minimum Gasteiger partial charge on any atom is -0.381 e. The normalized spacial score (nSPS) is 18.7. The van der Waals surface area contributed by atoms with Crippen molar-refractivity contribution < 1.29 is 9.53 Å². The van der Waals surface area contributed by atoms with E-state index in [-0.39, 0.29) is 11.8 Å². The molecule has 2 rings (SSSR count). The van der Waals surface area contributed by atoms with Gasteiger partial charge in [-0.05, 0) is 12.5 Å². The van der Waals surface area contributed by atoms with Gasteiger partial charge in [0.25, 0.3) is 0 Å². The van der Waals surface area contributed by atoms with Crippen LogP contribution in [-0.2, 0) is 16.1 Å². The molecule has 1 aromatic heterocycles. The van der Waals surface area contributed by atoms with Crippen molar-refractivity contribution in [1.82, 2.24) is 15.3 Å². The summed E-state index contributed by atoms with van der Waals surface area (Å²) in [5.74, 6) is 0.670. The molecule has 1 aromatic rings. The molecular weight excluding hydrogens is 232 g/mol. The summed E-state index contributed by atoms with van der Waals surface area (Å²) < 4.78 is 5.19. The largest absolute Gasteiger partial charge is 0.381 e. The first-order valence-corrected chi connectivity index (χ1v) is 6.01. The van der Waals surface area contributed by atoms with E-state index >= 15 is 0 Å². The quantitative estimate of drug-likeness (QED) is 0.826. The molecule has 98 valence electrons. The molecule has 1 saturated heterocycles. The van der Waals surface area contributed by atoms with E-state index in [9.17, 15) is 4.79 Å². The number of rotatable bonds is 4. The van der Waals surface area contributed by atoms with Crippen LogP contribution in [-0.4, -0.2) is 43.2 Å². The summed E-state index contributed by atoms with van der Waals surface area (Å²) in [7, 11) is 3.77. The van der Waals surface area contributed by atoms with Gasteiger partial charge in [-0.25, -0.2) is 9.97 Å². The van der Waals surface area contributed by atoms with Crippen LogP contribution in [0.15, 0.2) is 12.3 Å². The maximum absolute atomic E-state index is 11.8. The SMILES string of the molecule is CN(C)c1nccc(CNC(=O)C2CCOC2)n1. The molecule has 1 N–H and O–H groups in total. The smallest absolute Gasteiger partial charge is 0.225 e. The number of ether oxygens (including phenoxy) is 1. The van der Waals surface area contributed by atoms with E-state index in [0.29, 0.717) is 25.7 Å². The Hall–Kier alpha value is -1.69. The lowest BCUT2D eigenvalue weighted by atomic mass is 10.1. The molecule has 1 aliphatic heterocycles. The summed E-state index contributed by atoms with van der Waals surface area (Å²) in [6.07, 6.45) is 2.50. The minimum atomic E-state index is -0.0137. The summed E-state index contributed by atoms with van der Waals surface area (Å²) >= 11 is 0. The monoisotopic (exact) mass is 250 g/mol. The third-order valence-electron chi connectivity index (χ3n) is 2.84. The molecule has 6 heteroatoms. The van der Waals surface area contributed by atoms with Gasteiger partial charge in [0, 0.05) is 26.9 Å². The van der Waals surface area contributed by atoms with Crippen molar-refractivity contribution in [2.75, 3.05) is 32.2 Å². The van der Waals surface area contributed by atoms with Gasteiger partial charge in [-0.3, -0.25) is 4.79 Å². The molecule has 0 radical (unpaired) electrons. The zero-order chi connectivity index (χ0) is 13.0. The highest BCUT2D eigenvalue weighted by atomic mass is 16.5. The summed E-state index contributed by atoms with van der Waals surface area (Å²) in [6, 6.07) is 1.80. The summed E-state index contributed by atoms with van der Waals surface area (Å²) in [5, 5.41) is 2.88. The van der Waals surface area contributed by atoms with Crippen molar-refractivity contribution in [2.24, 2.45) is 5.92 Å². The Bertz CT molecular complexity index is 416. The van der Waals surface area contributed by atoms with Crippen LogP contribution in [0, 0.1) is 5.92 Å². The predicted molar refractivity (Wildman–Crippen MR) is 67.1 cm³/mol. The molecule has 6 nitrogen and oxygen atoms in total.